The molecule has 0 radical (unpaired) electrons. The average Bonchev–Trinajstić information content (AvgIpc) is 2.28. The van der Waals surface area contributed by atoms with Gasteiger partial charge in [0.25, 0.3) is 0 Å². The number of nitrogens with two attached hydrogens (primary N) is 3. The molecule has 5 heteroatoms. The molecule has 0 spiro atoms. The number of amides is 2. The van der Waals surface area contributed by atoms with Gasteiger partial charge in [-0.1, -0.05) is 37.6 Å². The summed E-state index contributed by atoms with van der Waals surface area (Å²) in [5, 5.41) is 0.306. The van der Waals surface area contributed by atoms with Crippen LogP contribution in [0.3, 0.4) is 0 Å². The quantitative estimate of drug-likeness (QED) is 0.410. The summed E-state index contributed by atoms with van der Waals surface area (Å²) < 4.78 is 0. The highest BCUT2D eigenvalue weighted by Crippen LogP contribution is 2.10. The molecule has 1 aromatic rings. The maximum absolute atomic E-state index is 9.60. The predicted molar refractivity (Wildman–Crippen MR) is 69.7 cm³/mol. The number of benzene rings is 1. The van der Waals surface area contributed by atoms with Crippen LogP contribution in [0.1, 0.15) is 30.5 Å². The van der Waals surface area contributed by atoms with Gasteiger partial charge in [-0.2, -0.15) is 5.12 Å². The number of nitrogens with zero attached hydrogens (tertiary/aromatic N) is 1. The number of hydrazine groups is 2. The van der Waals surface area contributed by atoms with E-state index in [1.54, 1.807) is 0 Å². The summed E-state index contributed by atoms with van der Waals surface area (Å²) in [4.78, 5) is 9.60. The molecule has 0 aliphatic carbocycles. The Hall–Kier alpha value is -1.59. The van der Waals surface area contributed by atoms with E-state index >= 15 is 0 Å². The Labute approximate surface area is 103 Å². The van der Waals surface area contributed by atoms with E-state index in [1.165, 1.54) is 16.7 Å². The van der Waals surface area contributed by atoms with Crippen molar-refractivity contribution in [2.24, 2.45) is 17.4 Å². The summed E-state index contributed by atoms with van der Waals surface area (Å²) in [7, 11) is 0. The second-order valence-corrected chi connectivity index (χ2v) is 3.78. The average molecular weight is 238 g/mol. The third-order valence-corrected chi connectivity index (χ3v) is 2.27. The first-order valence-electron chi connectivity index (χ1n) is 5.59. The highest BCUT2D eigenvalue weighted by Gasteiger charge is 1.94. The number of carbonyl (C=O) groups excluding carboxylic acids is 1. The van der Waals surface area contributed by atoms with E-state index in [4.69, 9.17) is 0 Å². The van der Waals surface area contributed by atoms with Gasteiger partial charge in [0.05, 0.1) is 0 Å². The van der Waals surface area contributed by atoms with Crippen molar-refractivity contribution >= 4 is 6.03 Å². The van der Waals surface area contributed by atoms with Gasteiger partial charge in [0, 0.05) is 0 Å². The lowest BCUT2D eigenvalue weighted by molar-refractivity contribution is 0.210. The van der Waals surface area contributed by atoms with Gasteiger partial charge in [0.2, 0.25) is 0 Å². The molecule has 0 atom stereocenters. The van der Waals surface area contributed by atoms with Gasteiger partial charge < -0.3 is 5.73 Å². The van der Waals surface area contributed by atoms with E-state index in [-0.39, 0.29) is 0 Å². The minimum atomic E-state index is -0.852. The zero-order valence-corrected chi connectivity index (χ0v) is 10.7. The SMILES string of the molecule is CCc1cc(C)cc(CC)c1.NC(=O)N(N)N. The molecule has 0 bridgehead atoms. The van der Waals surface area contributed by atoms with Gasteiger partial charge in [-0.15, -0.1) is 0 Å². The van der Waals surface area contributed by atoms with Crippen molar-refractivity contribution in [2.45, 2.75) is 33.6 Å². The van der Waals surface area contributed by atoms with Crippen LogP contribution in [0.25, 0.3) is 0 Å². The van der Waals surface area contributed by atoms with Gasteiger partial charge in [-0.3, -0.25) is 0 Å². The van der Waals surface area contributed by atoms with Crippen molar-refractivity contribution in [3.63, 3.8) is 0 Å². The number of hydrogen-bond donors (Lipinski definition) is 3. The van der Waals surface area contributed by atoms with Crippen LogP contribution >= 0.6 is 0 Å². The lowest BCUT2D eigenvalue weighted by atomic mass is 10.0. The van der Waals surface area contributed by atoms with E-state index in [0.29, 0.717) is 5.12 Å². The molecular formula is C12H22N4O. The van der Waals surface area contributed by atoms with E-state index in [0.717, 1.165) is 12.8 Å². The minimum absolute atomic E-state index is 0.306. The molecule has 17 heavy (non-hydrogen) atoms. The van der Waals surface area contributed by atoms with Gasteiger partial charge in [0.1, 0.15) is 0 Å². The molecule has 0 unspecified atom stereocenters. The molecule has 0 aliphatic heterocycles. The molecule has 2 amide bonds. The van der Waals surface area contributed by atoms with E-state index < -0.39 is 6.03 Å². The van der Waals surface area contributed by atoms with E-state index in [9.17, 15) is 4.79 Å². The van der Waals surface area contributed by atoms with Crippen LogP contribution < -0.4 is 17.4 Å². The lowest BCUT2D eigenvalue weighted by Gasteiger charge is -2.02. The van der Waals surface area contributed by atoms with Gasteiger partial charge in [-0.05, 0) is 30.9 Å². The number of hydrogen-bond acceptors (Lipinski definition) is 3. The lowest BCUT2D eigenvalue weighted by Crippen LogP contribution is -2.46. The predicted octanol–water partition coefficient (Wildman–Crippen LogP) is 1.23. The Bertz CT molecular complexity index is 341. The number of primary amides is 1. The fourth-order valence-corrected chi connectivity index (χ4v) is 1.36. The Morgan fingerprint density at radius 2 is 1.47 bits per heavy atom. The Balaban J connectivity index is 0.000000366. The van der Waals surface area contributed by atoms with Gasteiger partial charge >= 0.3 is 6.03 Å². The fourth-order valence-electron chi connectivity index (χ4n) is 1.36. The zero-order chi connectivity index (χ0) is 13.4. The summed E-state index contributed by atoms with van der Waals surface area (Å²) in [5.41, 5.74) is 8.78. The van der Waals surface area contributed by atoms with Crippen LogP contribution in [-0.4, -0.2) is 11.1 Å². The van der Waals surface area contributed by atoms with Crippen molar-refractivity contribution < 1.29 is 4.79 Å². The van der Waals surface area contributed by atoms with Crippen LogP contribution in [0.5, 0.6) is 0 Å². The van der Waals surface area contributed by atoms with Crippen molar-refractivity contribution in [2.75, 3.05) is 0 Å². The van der Waals surface area contributed by atoms with Crippen molar-refractivity contribution in [1.29, 1.82) is 0 Å². The number of carbonyl (C=O) groups is 1. The summed E-state index contributed by atoms with van der Waals surface area (Å²) in [5.74, 6) is 9.14. The van der Waals surface area contributed by atoms with Crippen LogP contribution in [0.4, 0.5) is 4.79 Å². The molecule has 0 aromatic heterocycles. The minimum Gasteiger partial charge on any atom is -0.349 e. The molecule has 0 saturated carbocycles. The number of urea groups is 1. The summed E-state index contributed by atoms with van der Waals surface area (Å²) >= 11 is 0. The first kappa shape index (κ1) is 15.4. The largest absolute Gasteiger partial charge is 0.349 e. The molecular weight excluding hydrogens is 216 g/mol. The molecule has 0 fully saturated rings. The van der Waals surface area contributed by atoms with Crippen LogP contribution in [-0.2, 0) is 12.8 Å². The molecule has 6 N–H and O–H groups in total. The first-order valence-corrected chi connectivity index (χ1v) is 5.59. The van der Waals surface area contributed by atoms with Gasteiger partial charge in [0.15, 0.2) is 0 Å². The second kappa shape index (κ2) is 7.65. The Morgan fingerprint density at radius 3 is 1.71 bits per heavy atom. The molecule has 1 aromatic carbocycles. The maximum Gasteiger partial charge on any atom is 0.343 e. The summed E-state index contributed by atoms with van der Waals surface area (Å²) in [6.45, 7) is 6.57. The van der Waals surface area contributed by atoms with Crippen LogP contribution in [0.15, 0.2) is 18.2 Å². The zero-order valence-electron chi connectivity index (χ0n) is 10.7. The third-order valence-electron chi connectivity index (χ3n) is 2.27. The standard InChI is InChI=1S/C11H16.CH6N4O/c1-4-10-6-9(3)7-11(5-2)8-10;2-1(6)5(3)4/h6-8H,4-5H2,1-3H3;3-4H2,(H2,2,6). The topological polar surface area (TPSA) is 98.4 Å². The van der Waals surface area contributed by atoms with E-state index in [1.807, 2.05) is 0 Å². The smallest absolute Gasteiger partial charge is 0.343 e. The second-order valence-electron chi connectivity index (χ2n) is 3.78. The Kier molecular flexibility index (Phi) is 6.93. The highest BCUT2D eigenvalue weighted by molar-refractivity contribution is 5.70. The number of rotatable bonds is 2. The first-order chi connectivity index (χ1) is 7.90. The monoisotopic (exact) mass is 238 g/mol. The van der Waals surface area contributed by atoms with Gasteiger partial charge in [-0.25, -0.2) is 16.5 Å². The normalized spacial score (nSPS) is 9.24. The van der Waals surface area contributed by atoms with Crippen molar-refractivity contribution in [1.82, 2.24) is 5.12 Å². The Morgan fingerprint density at radius 1 is 1.12 bits per heavy atom. The summed E-state index contributed by atoms with van der Waals surface area (Å²) in [6, 6.07) is 5.97. The fraction of sp³-hybridized carbons (Fsp3) is 0.417. The molecule has 0 heterocycles. The van der Waals surface area contributed by atoms with Crippen LogP contribution in [0, 0.1) is 6.92 Å². The van der Waals surface area contributed by atoms with Crippen molar-refractivity contribution in [3.05, 3.63) is 34.9 Å². The molecule has 0 aliphatic rings. The highest BCUT2D eigenvalue weighted by atomic mass is 16.2. The molecule has 0 saturated heterocycles. The van der Waals surface area contributed by atoms with E-state index in [2.05, 4.69) is 56.4 Å². The van der Waals surface area contributed by atoms with Crippen molar-refractivity contribution in [3.8, 4) is 0 Å². The van der Waals surface area contributed by atoms with Crippen LogP contribution in [0.2, 0.25) is 0 Å². The molecule has 96 valence electrons. The number of aryl methyl sites for hydroxylation is 3. The maximum atomic E-state index is 9.60. The summed E-state index contributed by atoms with van der Waals surface area (Å²) in [6.07, 6.45) is 2.30. The molecule has 5 nitrogen and oxygen atoms in total. The third kappa shape index (κ3) is 6.55. The molecule has 1 rings (SSSR count).